The Kier molecular flexibility index (Phi) is 7.30. The van der Waals surface area contributed by atoms with Crippen LogP contribution in [-0.4, -0.2) is 75.8 Å². The van der Waals surface area contributed by atoms with Crippen molar-refractivity contribution in [2.45, 2.75) is 32.1 Å². The minimum absolute atomic E-state index is 0.652. The van der Waals surface area contributed by atoms with Gasteiger partial charge in [-0.3, -0.25) is 4.99 Å². The number of hydrogen-bond donors (Lipinski definition) is 1. The molecule has 21 heavy (non-hydrogen) atoms. The van der Waals surface area contributed by atoms with Crippen LogP contribution >= 0.6 is 0 Å². The molecule has 0 amide bonds. The molecule has 0 aromatic heterocycles. The first-order valence-electron chi connectivity index (χ1n) is 8.50. The summed E-state index contributed by atoms with van der Waals surface area (Å²) in [6.07, 6.45) is 6.74. The highest BCUT2D eigenvalue weighted by Crippen LogP contribution is 2.16. The molecular formula is C16H32N4O. The molecule has 0 bridgehead atoms. The van der Waals surface area contributed by atoms with Gasteiger partial charge in [0.15, 0.2) is 5.96 Å². The van der Waals surface area contributed by atoms with Crippen molar-refractivity contribution in [3.05, 3.63) is 0 Å². The molecule has 2 heterocycles. The molecule has 0 saturated carbocycles. The lowest BCUT2D eigenvalue weighted by atomic mass is 10.1. The Balaban J connectivity index is 1.68. The average molecular weight is 296 g/mol. The van der Waals surface area contributed by atoms with E-state index in [4.69, 9.17) is 4.74 Å². The SMILES string of the molecule is CN=C(NCCN1CCCCCC1)N1CCC(COC)C1. The monoisotopic (exact) mass is 296 g/mol. The van der Waals surface area contributed by atoms with Crippen LogP contribution in [0, 0.1) is 5.92 Å². The van der Waals surface area contributed by atoms with Crippen molar-refractivity contribution in [2.24, 2.45) is 10.9 Å². The largest absolute Gasteiger partial charge is 0.384 e. The van der Waals surface area contributed by atoms with Gasteiger partial charge in [-0.2, -0.15) is 0 Å². The van der Waals surface area contributed by atoms with Crippen molar-refractivity contribution in [2.75, 3.05) is 60.0 Å². The maximum atomic E-state index is 5.27. The Morgan fingerprint density at radius 3 is 2.62 bits per heavy atom. The lowest BCUT2D eigenvalue weighted by Crippen LogP contribution is -2.43. The lowest BCUT2D eigenvalue weighted by molar-refractivity contribution is 0.157. The number of methoxy groups -OCH3 is 1. The summed E-state index contributed by atoms with van der Waals surface area (Å²) in [7, 11) is 3.68. The molecule has 2 rings (SSSR count). The summed E-state index contributed by atoms with van der Waals surface area (Å²) in [6.45, 7) is 7.68. The predicted octanol–water partition coefficient (Wildman–Crippen LogP) is 1.41. The van der Waals surface area contributed by atoms with Gasteiger partial charge in [-0.15, -0.1) is 0 Å². The van der Waals surface area contributed by atoms with E-state index in [1.807, 2.05) is 7.05 Å². The van der Waals surface area contributed by atoms with Gasteiger partial charge in [0.25, 0.3) is 0 Å². The first-order chi connectivity index (χ1) is 10.3. The number of ether oxygens (including phenoxy) is 1. The smallest absolute Gasteiger partial charge is 0.193 e. The van der Waals surface area contributed by atoms with E-state index in [1.165, 1.54) is 45.2 Å². The van der Waals surface area contributed by atoms with Crippen LogP contribution in [-0.2, 0) is 4.74 Å². The summed E-state index contributed by atoms with van der Waals surface area (Å²) in [5.41, 5.74) is 0. The first-order valence-corrected chi connectivity index (χ1v) is 8.50. The topological polar surface area (TPSA) is 40.1 Å². The third-order valence-corrected chi connectivity index (χ3v) is 4.61. The molecule has 0 spiro atoms. The minimum Gasteiger partial charge on any atom is -0.384 e. The zero-order chi connectivity index (χ0) is 14.9. The van der Waals surface area contributed by atoms with Gasteiger partial charge in [-0.1, -0.05) is 12.8 Å². The van der Waals surface area contributed by atoms with Crippen LogP contribution in [0.15, 0.2) is 4.99 Å². The normalized spacial score (nSPS) is 25.1. The van der Waals surface area contributed by atoms with E-state index < -0.39 is 0 Å². The van der Waals surface area contributed by atoms with Crippen molar-refractivity contribution in [1.29, 1.82) is 0 Å². The maximum absolute atomic E-state index is 5.27. The molecule has 2 fully saturated rings. The van der Waals surface area contributed by atoms with Crippen LogP contribution in [0.3, 0.4) is 0 Å². The van der Waals surface area contributed by atoms with Gasteiger partial charge in [-0.25, -0.2) is 0 Å². The number of guanidine groups is 1. The highest BCUT2D eigenvalue weighted by molar-refractivity contribution is 5.80. The number of hydrogen-bond acceptors (Lipinski definition) is 3. The third kappa shape index (κ3) is 5.47. The van der Waals surface area contributed by atoms with E-state index in [2.05, 4.69) is 20.1 Å². The highest BCUT2D eigenvalue weighted by Gasteiger charge is 2.24. The Hall–Kier alpha value is -0.810. The second-order valence-corrected chi connectivity index (χ2v) is 6.29. The first kappa shape index (κ1) is 16.6. The second-order valence-electron chi connectivity index (χ2n) is 6.29. The van der Waals surface area contributed by atoms with Gasteiger partial charge in [0.05, 0.1) is 6.61 Å². The molecule has 1 unspecified atom stereocenters. The van der Waals surface area contributed by atoms with Gasteiger partial charge in [0.1, 0.15) is 0 Å². The molecule has 2 aliphatic heterocycles. The van der Waals surface area contributed by atoms with Crippen molar-refractivity contribution < 1.29 is 4.74 Å². The number of aliphatic imine (C=N–C) groups is 1. The number of nitrogens with zero attached hydrogens (tertiary/aromatic N) is 3. The van der Waals surface area contributed by atoms with E-state index in [0.717, 1.165) is 38.7 Å². The molecule has 2 aliphatic rings. The zero-order valence-electron chi connectivity index (χ0n) is 13.8. The summed E-state index contributed by atoms with van der Waals surface area (Å²) in [5.74, 6) is 1.71. The van der Waals surface area contributed by atoms with Gasteiger partial charge in [0, 0.05) is 46.3 Å². The number of likely N-dealkylation sites (tertiary alicyclic amines) is 2. The van der Waals surface area contributed by atoms with Crippen LogP contribution < -0.4 is 5.32 Å². The van der Waals surface area contributed by atoms with E-state index in [0.29, 0.717) is 5.92 Å². The van der Waals surface area contributed by atoms with E-state index in [1.54, 1.807) is 7.11 Å². The summed E-state index contributed by atoms with van der Waals surface area (Å²) in [4.78, 5) is 9.39. The molecular weight excluding hydrogens is 264 g/mol. The van der Waals surface area contributed by atoms with E-state index >= 15 is 0 Å². The number of rotatable bonds is 5. The van der Waals surface area contributed by atoms with Crippen LogP contribution in [0.2, 0.25) is 0 Å². The number of nitrogens with one attached hydrogen (secondary N) is 1. The van der Waals surface area contributed by atoms with Crippen LogP contribution in [0.25, 0.3) is 0 Å². The fraction of sp³-hybridized carbons (Fsp3) is 0.938. The fourth-order valence-electron chi connectivity index (χ4n) is 3.41. The fourth-order valence-corrected chi connectivity index (χ4v) is 3.41. The average Bonchev–Trinajstić information content (AvgIpc) is 2.80. The Labute approximate surface area is 129 Å². The second kappa shape index (κ2) is 9.26. The summed E-state index contributed by atoms with van der Waals surface area (Å²) >= 11 is 0. The lowest BCUT2D eigenvalue weighted by Gasteiger charge is -2.24. The Morgan fingerprint density at radius 2 is 1.95 bits per heavy atom. The zero-order valence-corrected chi connectivity index (χ0v) is 13.8. The van der Waals surface area contributed by atoms with Crippen molar-refractivity contribution in [3.63, 3.8) is 0 Å². The Morgan fingerprint density at radius 1 is 1.19 bits per heavy atom. The molecule has 122 valence electrons. The predicted molar refractivity (Wildman–Crippen MR) is 87.8 cm³/mol. The van der Waals surface area contributed by atoms with Gasteiger partial charge < -0.3 is 19.9 Å². The van der Waals surface area contributed by atoms with Crippen LogP contribution in [0.5, 0.6) is 0 Å². The quantitative estimate of drug-likeness (QED) is 0.615. The molecule has 0 aliphatic carbocycles. The summed E-state index contributed by atoms with van der Waals surface area (Å²) in [5, 5.41) is 3.54. The van der Waals surface area contributed by atoms with Gasteiger partial charge in [-0.05, 0) is 32.4 Å². The molecule has 0 radical (unpaired) electrons. The molecule has 0 aromatic rings. The maximum Gasteiger partial charge on any atom is 0.193 e. The van der Waals surface area contributed by atoms with E-state index in [-0.39, 0.29) is 0 Å². The van der Waals surface area contributed by atoms with Crippen molar-refractivity contribution in [1.82, 2.24) is 15.1 Å². The minimum atomic E-state index is 0.652. The molecule has 5 heteroatoms. The van der Waals surface area contributed by atoms with Gasteiger partial charge in [0.2, 0.25) is 0 Å². The van der Waals surface area contributed by atoms with Crippen LogP contribution in [0.1, 0.15) is 32.1 Å². The van der Waals surface area contributed by atoms with Crippen molar-refractivity contribution >= 4 is 5.96 Å². The molecule has 2 saturated heterocycles. The van der Waals surface area contributed by atoms with Crippen LogP contribution in [0.4, 0.5) is 0 Å². The highest BCUT2D eigenvalue weighted by atomic mass is 16.5. The van der Waals surface area contributed by atoms with Crippen molar-refractivity contribution in [3.8, 4) is 0 Å². The molecule has 1 atom stereocenters. The van der Waals surface area contributed by atoms with E-state index in [9.17, 15) is 0 Å². The Bertz CT molecular complexity index is 313. The molecule has 0 aromatic carbocycles. The molecule has 1 N–H and O–H groups in total. The summed E-state index contributed by atoms with van der Waals surface area (Å²) in [6, 6.07) is 0. The third-order valence-electron chi connectivity index (χ3n) is 4.61. The van der Waals surface area contributed by atoms with Gasteiger partial charge >= 0.3 is 0 Å². The molecule has 5 nitrogen and oxygen atoms in total. The summed E-state index contributed by atoms with van der Waals surface area (Å²) < 4.78 is 5.27. The standard InChI is InChI=1S/C16H32N4O/c1-17-16(20-11-7-15(13-20)14-21-2)18-8-12-19-9-5-3-4-6-10-19/h15H,3-14H2,1-2H3,(H,17,18).